The average Bonchev–Trinajstić information content (AvgIpc) is 2.92. The molecule has 1 aliphatic rings. The van der Waals surface area contributed by atoms with E-state index in [9.17, 15) is 18.8 Å². The van der Waals surface area contributed by atoms with E-state index in [0.29, 0.717) is 29.4 Å². The maximum absolute atomic E-state index is 13.2. The second-order valence-corrected chi connectivity index (χ2v) is 8.61. The third-order valence-corrected chi connectivity index (χ3v) is 6.34. The van der Waals surface area contributed by atoms with Gasteiger partial charge in [0.25, 0.3) is 11.8 Å². The van der Waals surface area contributed by atoms with E-state index in [4.69, 9.17) is 11.6 Å². The minimum Gasteiger partial charge on any atom is -0.350 e. The topological polar surface area (TPSA) is 78.5 Å². The first-order valence-electron chi connectivity index (χ1n) is 9.78. The lowest BCUT2D eigenvalue weighted by Crippen LogP contribution is -2.38. The van der Waals surface area contributed by atoms with E-state index in [1.807, 2.05) is 0 Å². The number of likely N-dealkylation sites (tertiary alicyclic amines) is 1. The van der Waals surface area contributed by atoms with Gasteiger partial charge in [-0.05, 0) is 49.6 Å². The summed E-state index contributed by atoms with van der Waals surface area (Å²) in [6.45, 7) is 3.37. The molecule has 0 bridgehead atoms. The van der Waals surface area contributed by atoms with Crippen molar-refractivity contribution in [1.82, 2.24) is 10.2 Å². The molecular formula is C21H23ClFN3O3S. The lowest BCUT2D eigenvalue weighted by atomic mass is 10.2. The highest BCUT2D eigenvalue weighted by molar-refractivity contribution is 7.18. The fourth-order valence-electron chi connectivity index (χ4n) is 3.28. The second-order valence-electron chi connectivity index (χ2n) is 7.15. The number of carbonyl (C=O) groups is 3. The van der Waals surface area contributed by atoms with Crippen LogP contribution < -0.4 is 10.6 Å². The Morgan fingerprint density at radius 2 is 2.00 bits per heavy atom. The summed E-state index contributed by atoms with van der Waals surface area (Å²) in [5.41, 5.74) is 0.876. The summed E-state index contributed by atoms with van der Waals surface area (Å²) in [7, 11) is 0. The Kier molecular flexibility index (Phi) is 7.44. The van der Waals surface area contributed by atoms with Gasteiger partial charge in [-0.1, -0.05) is 18.0 Å². The van der Waals surface area contributed by atoms with E-state index in [2.05, 4.69) is 10.6 Å². The summed E-state index contributed by atoms with van der Waals surface area (Å²) in [5.74, 6) is -1.11. The first kappa shape index (κ1) is 22.2. The molecule has 2 N–H and O–H groups in total. The molecule has 0 spiro atoms. The zero-order chi connectivity index (χ0) is 21.7. The van der Waals surface area contributed by atoms with Gasteiger partial charge in [-0.2, -0.15) is 0 Å². The zero-order valence-corrected chi connectivity index (χ0v) is 18.2. The molecule has 1 aromatic carbocycles. The van der Waals surface area contributed by atoms with Gasteiger partial charge in [0.1, 0.15) is 5.82 Å². The number of benzene rings is 1. The van der Waals surface area contributed by atoms with Crippen LogP contribution in [0.25, 0.3) is 0 Å². The lowest BCUT2D eigenvalue weighted by Gasteiger charge is -2.20. The largest absolute Gasteiger partial charge is 0.350 e. The van der Waals surface area contributed by atoms with Crippen molar-refractivity contribution in [3.8, 4) is 0 Å². The highest BCUT2D eigenvalue weighted by Gasteiger charge is 2.19. The smallest absolute Gasteiger partial charge is 0.261 e. The maximum atomic E-state index is 13.2. The summed E-state index contributed by atoms with van der Waals surface area (Å²) in [6.07, 6.45) is 3.54. The van der Waals surface area contributed by atoms with E-state index < -0.39 is 11.7 Å². The number of aryl methyl sites for hydroxylation is 1. The lowest BCUT2D eigenvalue weighted by molar-refractivity contribution is -0.130. The van der Waals surface area contributed by atoms with Crippen molar-refractivity contribution in [3.05, 3.63) is 51.1 Å². The molecule has 1 saturated heterocycles. The van der Waals surface area contributed by atoms with Gasteiger partial charge in [0, 0.05) is 26.1 Å². The number of hydrogen-bond acceptors (Lipinski definition) is 4. The molecule has 3 amide bonds. The van der Waals surface area contributed by atoms with Crippen LogP contribution in [0.2, 0.25) is 5.02 Å². The molecule has 30 heavy (non-hydrogen) atoms. The fourth-order valence-corrected chi connectivity index (χ4v) is 4.52. The molecule has 2 aromatic rings. The molecule has 1 aliphatic heterocycles. The molecule has 0 atom stereocenters. The quantitative estimate of drug-likeness (QED) is 0.689. The van der Waals surface area contributed by atoms with Gasteiger partial charge in [-0.3, -0.25) is 14.4 Å². The molecule has 0 radical (unpaired) electrons. The van der Waals surface area contributed by atoms with Crippen LogP contribution in [0.1, 0.15) is 51.3 Å². The second kappa shape index (κ2) is 10.0. The minimum absolute atomic E-state index is 0.0156. The number of hydrogen-bond donors (Lipinski definition) is 2. The Bertz CT molecular complexity index is 963. The van der Waals surface area contributed by atoms with Crippen LogP contribution in [0, 0.1) is 12.7 Å². The molecule has 2 heterocycles. The Hall–Kier alpha value is -2.45. The number of carbonyl (C=O) groups excluding carboxylic acids is 3. The minimum atomic E-state index is -0.524. The van der Waals surface area contributed by atoms with E-state index in [1.54, 1.807) is 17.9 Å². The Labute approximate surface area is 183 Å². The van der Waals surface area contributed by atoms with E-state index >= 15 is 0 Å². The number of nitrogens with zero attached hydrogens (tertiary/aromatic N) is 1. The van der Waals surface area contributed by atoms with Crippen LogP contribution in [0.5, 0.6) is 0 Å². The Morgan fingerprint density at radius 1 is 1.20 bits per heavy atom. The SMILES string of the molecule is Cc1cc(NC(=O)c2ccc(F)cc2Cl)sc1C(=O)NCCN1CCCCCC1=O. The first-order chi connectivity index (χ1) is 14.3. The van der Waals surface area contributed by atoms with Crippen molar-refractivity contribution in [2.75, 3.05) is 25.0 Å². The van der Waals surface area contributed by atoms with Gasteiger partial charge >= 0.3 is 0 Å². The Morgan fingerprint density at radius 3 is 2.77 bits per heavy atom. The van der Waals surface area contributed by atoms with Crippen molar-refractivity contribution in [3.63, 3.8) is 0 Å². The molecule has 0 unspecified atom stereocenters. The van der Waals surface area contributed by atoms with E-state index in [1.165, 1.54) is 6.07 Å². The van der Waals surface area contributed by atoms with Gasteiger partial charge in [0.2, 0.25) is 5.91 Å². The highest BCUT2D eigenvalue weighted by atomic mass is 35.5. The van der Waals surface area contributed by atoms with E-state index in [0.717, 1.165) is 54.8 Å². The van der Waals surface area contributed by atoms with Crippen molar-refractivity contribution < 1.29 is 18.8 Å². The Balaban J connectivity index is 1.57. The predicted molar refractivity (Wildman–Crippen MR) is 116 cm³/mol. The third kappa shape index (κ3) is 5.58. The average molecular weight is 452 g/mol. The number of halogens is 2. The zero-order valence-electron chi connectivity index (χ0n) is 16.6. The monoisotopic (exact) mass is 451 g/mol. The molecule has 160 valence electrons. The van der Waals surface area contributed by atoms with Gasteiger partial charge in [0.15, 0.2) is 0 Å². The predicted octanol–water partition coefficient (Wildman–Crippen LogP) is 4.23. The number of rotatable bonds is 6. The summed E-state index contributed by atoms with van der Waals surface area (Å²) in [4.78, 5) is 39.2. The molecule has 6 nitrogen and oxygen atoms in total. The van der Waals surface area contributed by atoms with Crippen LogP contribution in [-0.2, 0) is 4.79 Å². The van der Waals surface area contributed by atoms with Crippen molar-refractivity contribution >= 4 is 45.7 Å². The van der Waals surface area contributed by atoms with Gasteiger partial charge in [-0.25, -0.2) is 4.39 Å². The summed E-state index contributed by atoms with van der Waals surface area (Å²) < 4.78 is 13.2. The summed E-state index contributed by atoms with van der Waals surface area (Å²) in [6, 6.07) is 5.25. The van der Waals surface area contributed by atoms with Crippen molar-refractivity contribution in [2.24, 2.45) is 0 Å². The van der Waals surface area contributed by atoms with Crippen molar-refractivity contribution in [2.45, 2.75) is 32.6 Å². The van der Waals surface area contributed by atoms with Crippen molar-refractivity contribution in [1.29, 1.82) is 0 Å². The molecule has 1 fully saturated rings. The molecule has 0 aliphatic carbocycles. The number of nitrogens with one attached hydrogen (secondary N) is 2. The van der Waals surface area contributed by atoms with Crippen LogP contribution in [-0.4, -0.2) is 42.3 Å². The number of thiophene rings is 1. The molecular weight excluding hydrogens is 429 g/mol. The maximum Gasteiger partial charge on any atom is 0.261 e. The highest BCUT2D eigenvalue weighted by Crippen LogP contribution is 2.28. The number of amides is 3. The van der Waals surface area contributed by atoms with Crippen LogP contribution in [0.15, 0.2) is 24.3 Å². The molecule has 1 aromatic heterocycles. The standard InChI is InChI=1S/C21H23ClFN3O3S/c1-13-11-17(25-20(28)15-7-6-14(23)12-16(15)22)30-19(13)21(29)24-8-10-26-9-4-2-3-5-18(26)27/h6-7,11-12H,2-5,8-10H2,1H3,(H,24,29)(H,25,28). The molecule has 9 heteroatoms. The summed E-state index contributed by atoms with van der Waals surface area (Å²) >= 11 is 7.08. The normalized spacial score (nSPS) is 14.4. The van der Waals surface area contributed by atoms with Gasteiger partial charge in [-0.15, -0.1) is 11.3 Å². The van der Waals surface area contributed by atoms with Crippen LogP contribution in [0.3, 0.4) is 0 Å². The van der Waals surface area contributed by atoms with Gasteiger partial charge < -0.3 is 15.5 Å². The van der Waals surface area contributed by atoms with Gasteiger partial charge in [0.05, 0.1) is 20.5 Å². The fraction of sp³-hybridized carbons (Fsp3) is 0.381. The third-order valence-electron chi connectivity index (χ3n) is 4.88. The first-order valence-corrected chi connectivity index (χ1v) is 11.0. The molecule has 3 rings (SSSR count). The summed E-state index contributed by atoms with van der Waals surface area (Å²) in [5, 5.41) is 6.05. The number of anilines is 1. The van der Waals surface area contributed by atoms with Crippen LogP contribution in [0.4, 0.5) is 9.39 Å². The molecule has 0 saturated carbocycles. The van der Waals surface area contributed by atoms with E-state index in [-0.39, 0.29) is 22.4 Å². The van der Waals surface area contributed by atoms with Crippen LogP contribution >= 0.6 is 22.9 Å².